The van der Waals surface area contributed by atoms with Crippen molar-refractivity contribution in [3.63, 3.8) is 0 Å². The predicted molar refractivity (Wildman–Crippen MR) is 83.1 cm³/mol. The van der Waals surface area contributed by atoms with Gasteiger partial charge in [0.2, 0.25) is 0 Å². The molecule has 0 saturated carbocycles. The average Bonchev–Trinajstić information content (AvgIpc) is 2.74. The van der Waals surface area contributed by atoms with Crippen LogP contribution in [0, 0.1) is 12.8 Å². The van der Waals surface area contributed by atoms with Crippen molar-refractivity contribution >= 4 is 5.82 Å². The van der Waals surface area contributed by atoms with Gasteiger partial charge in [0, 0.05) is 39.0 Å². The quantitative estimate of drug-likeness (QED) is 0.810. The molecule has 1 N–H and O–H groups in total. The van der Waals surface area contributed by atoms with Crippen LogP contribution in [0.25, 0.3) is 0 Å². The van der Waals surface area contributed by atoms with Gasteiger partial charge in [-0.1, -0.05) is 6.92 Å². The van der Waals surface area contributed by atoms with Gasteiger partial charge in [0.15, 0.2) is 0 Å². The zero-order valence-electron chi connectivity index (χ0n) is 13.1. The maximum Gasteiger partial charge on any atom is 0.131 e. The Bertz CT molecular complexity index is 436. The maximum absolute atomic E-state index is 5.03. The normalized spacial score (nSPS) is 22.5. The van der Waals surface area contributed by atoms with Crippen LogP contribution in [0.5, 0.6) is 0 Å². The molecule has 4 nitrogen and oxygen atoms in total. The first-order valence-electron chi connectivity index (χ1n) is 7.53. The van der Waals surface area contributed by atoms with E-state index in [1.807, 2.05) is 6.20 Å². The minimum atomic E-state index is 0.599. The Morgan fingerprint density at radius 1 is 1.45 bits per heavy atom. The van der Waals surface area contributed by atoms with E-state index in [4.69, 9.17) is 9.72 Å². The van der Waals surface area contributed by atoms with E-state index in [0.717, 1.165) is 38.0 Å². The summed E-state index contributed by atoms with van der Waals surface area (Å²) >= 11 is 0. The summed E-state index contributed by atoms with van der Waals surface area (Å²) in [5.74, 6) is 1.92. The highest BCUT2D eigenvalue weighted by molar-refractivity contribution is 5.49. The third kappa shape index (κ3) is 3.70. The van der Waals surface area contributed by atoms with E-state index in [1.54, 1.807) is 7.11 Å². The lowest BCUT2D eigenvalue weighted by atomic mass is 10.1. The van der Waals surface area contributed by atoms with Gasteiger partial charge in [-0.15, -0.1) is 0 Å². The van der Waals surface area contributed by atoms with E-state index in [-0.39, 0.29) is 0 Å². The Labute approximate surface area is 122 Å². The molecular weight excluding hydrogens is 250 g/mol. The second-order valence-electron chi connectivity index (χ2n) is 6.00. The summed E-state index contributed by atoms with van der Waals surface area (Å²) in [7, 11) is 1.72. The van der Waals surface area contributed by atoms with Crippen LogP contribution < -0.4 is 10.2 Å². The fourth-order valence-electron chi connectivity index (χ4n) is 3.03. The van der Waals surface area contributed by atoms with Crippen LogP contribution in [0.3, 0.4) is 0 Å². The summed E-state index contributed by atoms with van der Waals surface area (Å²) in [6, 6.07) is 2.85. The maximum atomic E-state index is 5.03. The lowest BCUT2D eigenvalue weighted by Crippen LogP contribution is -2.28. The fourth-order valence-corrected chi connectivity index (χ4v) is 3.03. The van der Waals surface area contributed by atoms with Gasteiger partial charge in [0.05, 0.1) is 6.61 Å². The molecule has 2 atom stereocenters. The van der Waals surface area contributed by atoms with Crippen molar-refractivity contribution in [3.8, 4) is 0 Å². The van der Waals surface area contributed by atoms with Crippen molar-refractivity contribution < 1.29 is 4.74 Å². The largest absolute Gasteiger partial charge is 0.383 e. The molecule has 0 spiro atoms. The van der Waals surface area contributed by atoms with Gasteiger partial charge in [-0.05, 0) is 43.4 Å². The van der Waals surface area contributed by atoms with E-state index >= 15 is 0 Å². The number of hydrogen-bond donors (Lipinski definition) is 1. The van der Waals surface area contributed by atoms with Crippen LogP contribution in [0.15, 0.2) is 12.3 Å². The molecule has 1 aliphatic rings. The first kappa shape index (κ1) is 15.3. The van der Waals surface area contributed by atoms with Crippen LogP contribution >= 0.6 is 0 Å². The van der Waals surface area contributed by atoms with Crippen LogP contribution in [0.2, 0.25) is 0 Å². The standard InChI is InChI=1S/C16H27N3O/c1-12-7-14(3)19(11-12)16-13(2)8-15(10-18-16)9-17-5-6-20-4/h8,10,12,14,17H,5-7,9,11H2,1-4H3. The molecule has 112 valence electrons. The smallest absolute Gasteiger partial charge is 0.131 e. The van der Waals surface area contributed by atoms with E-state index in [9.17, 15) is 0 Å². The molecule has 2 heterocycles. The molecule has 0 amide bonds. The first-order chi connectivity index (χ1) is 9.61. The fraction of sp³-hybridized carbons (Fsp3) is 0.688. The number of aromatic nitrogens is 1. The third-order valence-corrected chi connectivity index (χ3v) is 3.98. The van der Waals surface area contributed by atoms with Gasteiger partial charge in [-0.2, -0.15) is 0 Å². The highest BCUT2D eigenvalue weighted by Crippen LogP contribution is 2.29. The summed E-state index contributed by atoms with van der Waals surface area (Å²) in [5.41, 5.74) is 2.51. The van der Waals surface area contributed by atoms with Gasteiger partial charge >= 0.3 is 0 Å². The van der Waals surface area contributed by atoms with Crippen molar-refractivity contribution in [2.45, 2.75) is 39.8 Å². The molecule has 0 radical (unpaired) electrons. The van der Waals surface area contributed by atoms with Crippen molar-refractivity contribution in [1.82, 2.24) is 10.3 Å². The molecular formula is C16H27N3O. The van der Waals surface area contributed by atoms with Gasteiger partial charge in [0.25, 0.3) is 0 Å². The Morgan fingerprint density at radius 3 is 2.85 bits per heavy atom. The Hall–Kier alpha value is -1.13. The zero-order valence-corrected chi connectivity index (χ0v) is 13.1. The number of anilines is 1. The lowest BCUT2D eigenvalue weighted by Gasteiger charge is -2.24. The van der Waals surface area contributed by atoms with Gasteiger partial charge in [-0.3, -0.25) is 0 Å². The molecule has 0 aliphatic carbocycles. The van der Waals surface area contributed by atoms with Gasteiger partial charge in [0.1, 0.15) is 5.82 Å². The average molecular weight is 277 g/mol. The number of pyridine rings is 1. The Kier molecular flexibility index (Phi) is 5.38. The Balaban J connectivity index is 1.99. The number of ether oxygens (including phenoxy) is 1. The van der Waals surface area contributed by atoms with Gasteiger partial charge < -0.3 is 15.0 Å². The van der Waals surface area contributed by atoms with Gasteiger partial charge in [-0.25, -0.2) is 4.98 Å². The number of aryl methyl sites for hydroxylation is 1. The number of methoxy groups -OCH3 is 1. The van der Waals surface area contributed by atoms with Crippen LogP contribution in [0.4, 0.5) is 5.82 Å². The van der Waals surface area contributed by atoms with Crippen LogP contribution in [-0.4, -0.2) is 37.8 Å². The second-order valence-corrected chi connectivity index (χ2v) is 6.00. The van der Waals surface area contributed by atoms with E-state index < -0.39 is 0 Å². The molecule has 1 aromatic rings. The van der Waals surface area contributed by atoms with Crippen molar-refractivity contribution in [3.05, 3.63) is 23.4 Å². The molecule has 1 saturated heterocycles. The summed E-state index contributed by atoms with van der Waals surface area (Å²) in [4.78, 5) is 7.15. The van der Waals surface area contributed by atoms with Crippen LogP contribution in [-0.2, 0) is 11.3 Å². The van der Waals surface area contributed by atoms with Crippen LogP contribution in [0.1, 0.15) is 31.4 Å². The summed E-state index contributed by atoms with van der Waals surface area (Å²) < 4.78 is 5.03. The number of nitrogens with one attached hydrogen (secondary N) is 1. The highest BCUT2D eigenvalue weighted by Gasteiger charge is 2.27. The molecule has 2 rings (SSSR count). The molecule has 20 heavy (non-hydrogen) atoms. The predicted octanol–water partition coefficient (Wildman–Crippen LogP) is 2.36. The molecule has 2 unspecified atom stereocenters. The summed E-state index contributed by atoms with van der Waals surface area (Å²) in [6.45, 7) is 10.4. The molecule has 1 fully saturated rings. The molecule has 1 aromatic heterocycles. The number of rotatable bonds is 6. The number of nitrogens with zero attached hydrogens (tertiary/aromatic N) is 2. The Morgan fingerprint density at radius 2 is 2.25 bits per heavy atom. The highest BCUT2D eigenvalue weighted by atomic mass is 16.5. The van der Waals surface area contributed by atoms with Crippen molar-refractivity contribution in [2.75, 3.05) is 31.7 Å². The summed E-state index contributed by atoms with van der Waals surface area (Å²) in [5, 5.41) is 3.36. The molecule has 0 aromatic carbocycles. The summed E-state index contributed by atoms with van der Waals surface area (Å²) in [6.07, 6.45) is 3.26. The van der Waals surface area contributed by atoms with Crippen molar-refractivity contribution in [2.24, 2.45) is 5.92 Å². The minimum Gasteiger partial charge on any atom is -0.383 e. The molecule has 1 aliphatic heterocycles. The lowest BCUT2D eigenvalue weighted by molar-refractivity contribution is 0.199. The minimum absolute atomic E-state index is 0.599. The monoisotopic (exact) mass is 277 g/mol. The van der Waals surface area contributed by atoms with E-state index in [0.29, 0.717) is 6.04 Å². The van der Waals surface area contributed by atoms with Crippen molar-refractivity contribution in [1.29, 1.82) is 0 Å². The van der Waals surface area contributed by atoms with E-state index in [1.165, 1.54) is 17.5 Å². The first-order valence-corrected chi connectivity index (χ1v) is 7.53. The second kappa shape index (κ2) is 7.04. The zero-order chi connectivity index (χ0) is 14.5. The SMILES string of the molecule is COCCNCc1cnc(N2CC(C)CC2C)c(C)c1. The topological polar surface area (TPSA) is 37.4 Å². The molecule has 4 heteroatoms. The van der Waals surface area contributed by atoms with E-state index in [2.05, 4.69) is 37.1 Å². The number of hydrogen-bond acceptors (Lipinski definition) is 4. The molecule has 0 bridgehead atoms. The third-order valence-electron chi connectivity index (χ3n) is 3.98.